The second kappa shape index (κ2) is 5.35. The summed E-state index contributed by atoms with van der Waals surface area (Å²) in [5, 5.41) is 8.84. The van der Waals surface area contributed by atoms with Gasteiger partial charge in [-0.05, 0) is 19.3 Å². The van der Waals surface area contributed by atoms with E-state index in [-0.39, 0.29) is 5.60 Å². The zero-order valence-electron chi connectivity index (χ0n) is 9.66. The van der Waals surface area contributed by atoms with Crippen molar-refractivity contribution in [1.82, 2.24) is 4.90 Å². The van der Waals surface area contributed by atoms with E-state index >= 15 is 0 Å². The van der Waals surface area contributed by atoms with Gasteiger partial charge in [-0.3, -0.25) is 0 Å². The first kappa shape index (κ1) is 12.3. The molecule has 0 radical (unpaired) electrons. The largest absolute Gasteiger partial charge is 0.465 e. The van der Waals surface area contributed by atoms with Crippen LogP contribution >= 0.6 is 0 Å². The molecule has 0 bridgehead atoms. The fraction of sp³-hybridized carbons (Fsp3) is 0.909. The van der Waals surface area contributed by atoms with Gasteiger partial charge in [-0.25, -0.2) is 4.79 Å². The molecule has 1 N–H and O–H groups in total. The van der Waals surface area contributed by atoms with Gasteiger partial charge in [0.05, 0.1) is 5.60 Å². The number of carbonyl (C=O) groups is 1. The molecule has 88 valence electrons. The number of ether oxygens (including phenoxy) is 1. The summed E-state index contributed by atoms with van der Waals surface area (Å²) >= 11 is 0. The molecule has 4 nitrogen and oxygen atoms in total. The molecule has 1 heterocycles. The van der Waals surface area contributed by atoms with Crippen molar-refractivity contribution in [2.24, 2.45) is 0 Å². The smallest absolute Gasteiger partial charge is 0.407 e. The number of carboxylic acid groups (broad SMARTS) is 1. The molecule has 1 amide bonds. The number of hydrogen-bond donors (Lipinski definition) is 1. The van der Waals surface area contributed by atoms with Crippen molar-refractivity contribution < 1.29 is 14.6 Å². The number of amides is 1. The van der Waals surface area contributed by atoms with Crippen LogP contribution in [0.15, 0.2) is 0 Å². The first-order chi connectivity index (χ1) is 7.13. The maximum atomic E-state index is 10.8. The lowest BCUT2D eigenvalue weighted by atomic mass is 9.86. The van der Waals surface area contributed by atoms with Gasteiger partial charge in [0.15, 0.2) is 0 Å². The zero-order valence-corrected chi connectivity index (χ0v) is 9.66. The summed E-state index contributed by atoms with van der Waals surface area (Å²) < 4.78 is 5.59. The van der Waals surface area contributed by atoms with Crippen LogP contribution in [0, 0.1) is 0 Å². The van der Waals surface area contributed by atoms with Crippen LogP contribution in [-0.2, 0) is 4.74 Å². The van der Waals surface area contributed by atoms with Crippen LogP contribution in [0.5, 0.6) is 0 Å². The minimum Gasteiger partial charge on any atom is -0.465 e. The summed E-state index contributed by atoms with van der Waals surface area (Å²) in [5.74, 6) is 0. The molecule has 0 saturated carbocycles. The third-order valence-corrected chi connectivity index (χ3v) is 3.36. The van der Waals surface area contributed by atoms with E-state index in [1.165, 1.54) is 4.90 Å². The second-order valence-electron chi connectivity index (χ2n) is 4.26. The standard InChI is InChI=1S/C11H21NO3/c1-3-4-5-11(15-2)6-8-12(9-7-11)10(13)14/h3-9H2,1-2H3,(H,13,14). The molecule has 0 atom stereocenters. The summed E-state index contributed by atoms with van der Waals surface area (Å²) in [4.78, 5) is 12.2. The van der Waals surface area contributed by atoms with Crippen LogP contribution in [0.25, 0.3) is 0 Å². The van der Waals surface area contributed by atoms with E-state index < -0.39 is 6.09 Å². The third-order valence-electron chi connectivity index (χ3n) is 3.36. The number of piperidine rings is 1. The van der Waals surface area contributed by atoms with E-state index in [2.05, 4.69) is 6.92 Å². The second-order valence-corrected chi connectivity index (χ2v) is 4.26. The van der Waals surface area contributed by atoms with Crippen LogP contribution in [0.4, 0.5) is 4.79 Å². The van der Waals surface area contributed by atoms with E-state index in [9.17, 15) is 4.79 Å². The molecule has 0 aromatic carbocycles. The van der Waals surface area contributed by atoms with Gasteiger partial charge in [0.1, 0.15) is 0 Å². The van der Waals surface area contributed by atoms with Gasteiger partial charge in [-0.2, -0.15) is 0 Å². The minimum atomic E-state index is -0.810. The maximum Gasteiger partial charge on any atom is 0.407 e. The normalized spacial score (nSPS) is 20.3. The molecule has 1 fully saturated rings. The highest BCUT2D eigenvalue weighted by atomic mass is 16.5. The molecule has 1 rings (SSSR count). The SMILES string of the molecule is CCCCC1(OC)CCN(C(=O)O)CC1. The molecule has 0 aromatic heterocycles. The van der Waals surface area contributed by atoms with E-state index in [0.29, 0.717) is 13.1 Å². The summed E-state index contributed by atoms with van der Waals surface area (Å²) in [6.07, 6.45) is 4.21. The van der Waals surface area contributed by atoms with Crippen LogP contribution in [0.2, 0.25) is 0 Å². The Hall–Kier alpha value is -0.770. The monoisotopic (exact) mass is 215 g/mol. The Labute approximate surface area is 91.2 Å². The lowest BCUT2D eigenvalue weighted by molar-refractivity contribution is -0.0598. The highest BCUT2D eigenvalue weighted by molar-refractivity contribution is 5.65. The Bertz CT molecular complexity index is 210. The van der Waals surface area contributed by atoms with Gasteiger partial charge in [-0.1, -0.05) is 19.8 Å². The Morgan fingerprint density at radius 3 is 2.47 bits per heavy atom. The number of likely N-dealkylation sites (tertiary alicyclic amines) is 1. The van der Waals surface area contributed by atoms with Crippen LogP contribution in [-0.4, -0.2) is 41.9 Å². The number of nitrogens with zero attached hydrogens (tertiary/aromatic N) is 1. The first-order valence-corrected chi connectivity index (χ1v) is 5.66. The third kappa shape index (κ3) is 3.09. The Balaban J connectivity index is 2.46. The van der Waals surface area contributed by atoms with Gasteiger partial charge in [0, 0.05) is 20.2 Å². The molecular formula is C11H21NO3. The average molecular weight is 215 g/mol. The number of hydrogen-bond acceptors (Lipinski definition) is 2. The van der Waals surface area contributed by atoms with Crippen LogP contribution in [0.3, 0.4) is 0 Å². The Morgan fingerprint density at radius 1 is 1.47 bits per heavy atom. The van der Waals surface area contributed by atoms with Crippen molar-refractivity contribution in [1.29, 1.82) is 0 Å². The molecule has 0 aliphatic carbocycles. The quantitative estimate of drug-likeness (QED) is 0.783. The number of rotatable bonds is 4. The topological polar surface area (TPSA) is 49.8 Å². The molecule has 0 unspecified atom stereocenters. The van der Waals surface area contributed by atoms with Gasteiger partial charge < -0.3 is 14.7 Å². The lowest BCUT2D eigenvalue weighted by Crippen LogP contribution is -2.47. The van der Waals surface area contributed by atoms with Crippen molar-refractivity contribution in [3.63, 3.8) is 0 Å². The zero-order chi connectivity index (χ0) is 11.3. The van der Waals surface area contributed by atoms with Crippen molar-refractivity contribution >= 4 is 6.09 Å². The fourth-order valence-corrected chi connectivity index (χ4v) is 2.16. The van der Waals surface area contributed by atoms with Crippen LogP contribution < -0.4 is 0 Å². The summed E-state index contributed by atoms with van der Waals surface area (Å²) in [6, 6.07) is 0. The van der Waals surface area contributed by atoms with E-state index in [1.807, 2.05) is 0 Å². The van der Waals surface area contributed by atoms with Gasteiger partial charge in [-0.15, -0.1) is 0 Å². The van der Waals surface area contributed by atoms with E-state index in [4.69, 9.17) is 9.84 Å². The Kier molecular flexibility index (Phi) is 4.39. The highest BCUT2D eigenvalue weighted by Crippen LogP contribution is 2.30. The van der Waals surface area contributed by atoms with Crippen molar-refractivity contribution in [3.05, 3.63) is 0 Å². The molecule has 0 spiro atoms. The summed E-state index contributed by atoms with van der Waals surface area (Å²) in [5.41, 5.74) is -0.0675. The summed E-state index contributed by atoms with van der Waals surface area (Å²) in [6.45, 7) is 3.37. The lowest BCUT2D eigenvalue weighted by Gasteiger charge is -2.40. The molecule has 4 heteroatoms. The number of unbranched alkanes of at least 4 members (excludes halogenated alkanes) is 1. The van der Waals surface area contributed by atoms with Gasteiger partial charge in [0.25, 0.3) is 0 Å². The van der Waals surface area contributed by atoms with Gasteiger partial charge >= 0.3 is 6.09 Å². The average Bonchev–Trinajstić information content (AvgIpc) is 2.27. The predicted octanol–water partition coefficient (Wildman–Crippen LogP) is 2.34. The molecular weight excluding hydrogens is 194 g/mol. The molecule has 1 aliphatic heterocycles. The maximum absolute atomic E-state index is 10.8. The molecule has 0 aromatic rings. The number of methoxy groups -OCH3 is 1. The summed E-state index contributed by atoms with van der Waals surface area (Å²) in [7, 11) is 1.74. The molecule has 1 aliphatic rings. The van der Waals surface area contributed by atoms with E-state index in [0.717, 1.165) is 32.1 Å². The molecule has 1 saturated heterocycles. The van der Waals surface area contributed by atoms with Gasteiger partial charge in [0.2, 0.25) is 0 Å². The predicted molar refractivity (Wildman–Crippen MR) is 58.1 cm³/mol. The Morgan fingerprint density at radius 2 is 2.07 bits per heavy atom. The molecule has 15 heavy (non-hydrogen) atoms. The first-order valence-electron chi connectivity index (χ1n) is 5.66. The minimum absolute atomic E-state index is 0.0675. The van der Waals surface area contributed by atoms with Crippen molar-refractivity contribution in [2.45, 2.75) is 44.6 Å². The van der Waals surface area contributed by atoms with Crippen molar-refractivity contribution in [2.75, 3.05) is 20.2 Å². The fourth-order valence-electron chi connectivity index (χ4n) is 2.16. The highest BCUT2D eigenvalue weighted by Gasteiger charge is 2.35. The van der Waals surface area contributed by atoms with Crippen LogP contribution in [0.1, 0.15) is 39.0 Å². The van der Waals surface area contributed by atoms with Crippen molar-refractivity contribution in [3.8, 4) is 0 Å². The van der Waals surface area contributed by atoms with E-state index in [1.54, 1.807) is 7.11 Å².